The first-order valence-corrected chi connectivity index (χ1v) is 13.4. The number of amides is 1. The molecule has 5 rings (SSSR count). The molecule has 190 valence electrons. The van der Waals surface area contributed by atoms with Gasteiger partial charge in [0.1, 0.15) is 0 Å². The van der Waals surface area contributed by atoms with Crippen molar-refractivity contribution in [2.45, 2.75) is 50.6 Å². The van der Waals surface area contributed by atoms with Gasteiger partial charge < -0.3 is 25.2 Å². The predicted molar refractivity (Wildman–Crippen MR) is 141 cm³/mol. The number of hydrogen-bond acceptors (Lipinski definition) is 7. The second-order valence-corrected chi connectivity index (χ2v) is 11.3. The summed E-state index contributed by atoms with van der Waals surface area (Å²) in [6.07, 6.45) is 4.13. The van der Waals surface area contributed by atoms with Crippen molar-refractivity contribution in [3.8, 4) is 11.5 Å². The summed E-state index contributed by atoms with van der Waals surface area (Å²) in [7, 11) is 0. The highest BCUT2D eigenvalue weighted by Crippen LogP contribution is 2.51. The van der Waals surface area contributed by atoms with Crippen molar-refractivity contribution in [3.63, 3.8) is 0 Å². The standard InChI is InChI=1S/C27H30ClN3O4S/c1-16(2)11-18(14-32)30-24(19-5-3-4-6-20(19)28)23-13-29-26(36-23)31-25(33)27(9-10-27)17-7-8-21-22(12-17)35-15-34-21/h3-8,12-13,16,18,24,30,32H,9-11,14-15H2,1-2H3,(H,29,31,33)/t18-,24?/m0/s1. The van der Waals surface area contributed by atoms with Gasteiger partial charge in [-0.25, -0.2) is 4.98 Å². The van der Waals surface area contributed by atoms with Crippen molar-refractivity contribution in [1.82, 2.24) is 10.3 Å². The minimum atomic E-state index is -0.577. The molecule has 9 heteroatoms. The van der Waals surface area contributed by atoms with E-state index in [4.69, 9.17) is 21.1 Å². The van der Waals surface area contributed by atoms with E-state index in [1.165, 1.54) is 11.3 Å². The summed E-state index contributed by atoms with van der Waals surface area (Å²) in [5, 5.41) is 17.8. The molecule has 36 heavy (non-hydrogen) atoms. The second-order valence-electron chi connectivity index (χ2n) is 9.80. The largest absolute Gasteiger partial charge is 0.454 e. The first kappa shape index (κ1) is 25.0. The molecule has 0 radical (unpaired) electrons. The number of carbonyl (C=O) groups is 1. The number of nitrogens with one attached hydrogen (secondary N) is 2. The highest BCUT2D eigenvalue weighted by molar-refractivity contribution is 7.15. The number of fused-ring (bicyclic) bond motifs is 1. The Hall–Kier alpha value is -2.65. The van der Waals surface area contributed by atoms with E-state index in [1.807, 2.05) is 42.5 Å². The van der Waals surface area contributed by atoms with E-state index in [2.05, 4.69) is 29.5 Å². The van der Waals surface area contributed by atoms with Crippen molar-refractivity contribution in [1.29, 1.82) is 0 Å². The first-order chi connectivity index (χ1) is 17.4. The van der Waals surface area contributed by atoms with Crippen LogP contribution in [0.25, 0.3) is 0 Å². The topological polar surface area (TPSA) is 92.7 Å². The van der Waals surface area contributed by atoms with E-state index >= 15 is 0 Å². The molecule has 1 saturated carbocycles. The molecule has 3 N–H and O–H groups in total. The minimum absolute atomic E-state index is 0.0135. The van der Waals surface area contributed by atoms with Crippen LogP contribution in [0.3, 0.4) is 0 Å². The first-order valence-electron chi connectivity index (χ1n) is 12.2. The van der Waals surface area contributed by atoms with Crippen LogP contribution in [0.5, 0.6) is 11.5 Å². The van der Waals surface area contributed by atoms with E-state index in [-0.39, 0.29) is 31.4 Å². The molecule has 1 aliphatic heterocycles. The van der Waals surface area contributed by atoms with E-state index in [0.29, 0.717) is 27.6 Å². The number of aliphatic hydroxyl groups excluding tert-OH is 1. The Morgan fingerprint density at radius 3 is 2.69 bits per heavy atom. The molecule has 1 amide bonds. The number of hydrogen-bond donors (Lipinski definition) is 3. The van der Waals surface area contributed by atoms with Crippen LogP contribution in [0.15, 0.2) is 48.7 Å². The molecule has 1 unspecified atom stereocenters. The van der Waals surface area contributed by atoms with Crippen LogP contribution in [0.4, 0.5) is 5.13 Å². The Labute approximate surface area is 219 Å². The zero-order valence-electron chi connectivity index (χ0n) is 20.3. The third-order valence-electron chi connectivity index (χ3n) is 6.73. The van der Waals surface area contributed by atoms with Crippen LogP contribution in [0.2, 0.25) is 5.02 Å². The predicted octanol–water partition coefficient (Wildman–Crippen LogP) is 5.28. The molecule has 0 saturated heterocycles. The van der Waals surface area contributed by atoms with Gasteiger partial charge in [-0.15, -0.1) is 0 Å². The van der Waals surface area contributed by atoms with Crippen molar-refractivity contribution >= 4 is 34.0 Å². The molecule has 1 aromatic heterocycles. The van der Waals surface area contributed by atoms with Gasteiger partial charge in [0.15, 0.2) is 16.6 Å². The molecular formula is C27H30ClN3O4S. The summed E-state index contributed by atoms with van der Waals surface area (Å²) >= 11 is 7.97. The Kier molecular flexibility index (Phi) is 7.21. The van der Waals surface area contributed by atoms with Crippen molar-refractivity contribution < 1.29 is 19.4 Å². The number of nitrogens with zero attached hydrogens (tertiary/aromatic N) is 1. The molecule has 2 aromatic carbocycles. The summed E-state index contributed by atoms with van der Waals surface area (Å²) in [6.45, 7) is 4.47. The fourth-order valence-corrected chi connectivity index (χ4v) is 5.83. The number of aromatic nitrogens is 1. The fourth-order valence-electron chi connectivity index (χ4n) is 4.70. The quantitative estimate of drug-likeness (QED) is 0.332. The van der Waals surface area contributed by atoms with Crippen LogP contribution < -0.4 is 20.1 Å². The summed E-state index contributed by atoms with van der Waals surface area (Å²) in [4.78, 5) is 18.8. The van der Waals surface area contributed by atoms with Gasteiger partial charge in [0.25, 0.3) is 0 Å². The summed E-state index contributed by atoms with van der Waals surface area (Å²) in [5.74, 6) is 1.73. The number of benzene rings is 2. The molecule has 1 aliphatic carbocycles. The average Bonchev–Trinajstić information content (AvgIpc) is 3.32. The molecule has 2 atom stereocenters. The maximum Gasteiger partial charge on any atom is 0.236 e. The van der Waals surface area contributed by atoms with E-state index < -0.39 is 5.41 Å². The van der Waals surface area contributed by atoms with Gasteiger partial charge >= 0.3 is 0 Å². The molecule has 3 aromatic rings. The lowest BCUT2D eigenvalue weighted by molar-refractivity contribution is -0.118. The van der Waals surface area contributed by atoms with Gasteiger partial charge in [0, 0.05) is 22.1 Å². The molecule has 0 bridgehead atoms. The van der Waals surface area contributed by atoms with Gasteiger partial charge in [0.2, 0.25) is 12.7 Å². The number of rotatable bonds is 10. The van der Waals surface area contributed by atoms with Crippen molar-refractivity contribution in [2.75, 3.05) is 18.7 Å². The molecule has 2 aliphatic rings. The number of ether oxygens (including phenoxy) is 2. The van der Waals surface area contributed by atoms with Crippen LogP contribution >= 0.6 is 22.9 Å². The Morgan fingerprint density at radius 2 is 1.97 bits per heavy atom. The van der Waals surface area contributed by atoms with E-state index in [1.54, 1.807) is 6.20 Å². The lowest BCUT2D eigenvalue weighted by Gasteiger charge is -2.26. The molecule has 2 heterocycles. The van der Waals surface area contributed by atoms with Gasteiger partial charge in [-0.05, 0) is 54.5 Å². The normalized spacial score (nSPS) is 17.1. The van der Waals surface area contributed by atoms with E-state index in [0.717, 1.165) is 35.3 Å². The molecule has 1 fully saturated rings. The molecule has 7 nitrogen and oxygen atoms in total. The number of halogens is 1. The number of thiazole rings is 1. The SMILES string of the molecule is CC(C)C[C@@H](CO)NC(c1cnc(NC(=O)C2(c3ccc4c(c3)OCO4)CC2)s1)c1ccccc1Cl. The summed E-state index contributed by atoms with van der Waals surface area (Å²) in [5.41, 5.74) is 1.25. The van der Waals surface area contributed by atoms with Crippen LogP contribution in [0.1, 0.15) is 55.2 Å². The van der Waals surface area contributed by atoms with Gasteiger partial charge in [-0.3, -0.25) is 4.79 Å². The lowest BCUT2D eigenvalue weighted by Crippen LogP contribution is -2.37. The summed E-state index contributed by atoms with van der Waals surface area (Å²) in [6, 6.07) is 13.0. The highest BCUT2D eigenvalue weighted by Gasteiger charge is 2.52. The van der Waals surface area contributed by atoms with Crippen molar-refractivity contribution in [3.05, 3.63) is 69.7 Å². The molecule has 0 spiro atoms. The molecular weight excluding hydrogens is 498 g/mol. The lowest BCUT2D eigenvalue weighted by atomic mass is 9.94. The Bertz CT molecular complexity index is 1240. The van der Waals surface area contributed by atoms with E-state index in [9.17, 15) is 9.90 Å². The van der Waals surface area contributed by atoms with Crippen LogP contribution in [-0.4, -0.2) is 35.4 Å². The Morgan fingerprint density at radius 1 is 1.19 bits per heavy atom. The van der Waals surface area contributed by atoms with Crippen LogP contribution in [-0.2, 0) is 10.2 Å². The monoisotopic (exact) mass is 527 g/mol. The zero-order chi connectivity index (χ0) is 25.3. The fraction of sp³-hybridized carbons (Fsp3) is 0.407. The maximum absolute atomic E-state index is 13.4. The van der Waals surface area contributed by atoms with Crippen LogP contribution in [0, 0.1) is 5.92 Å². The maximum atomic E-state index is 13.4. The second kappa shape index (κ2) is 10.4. The minimum Gasteiger partial charge on any atom is -0.454 e. The third-order valence-corrected chi connectivity index (χ3v) is 8.06. The number of carbonyl (C=O) groups excluding carboxylic acids is 1. The van der Waals surface area contributed by atoms with Gasteiger partial charge in [0.05, 0.1) is 18.1 Å². The smallest absolute Gasteiger partial charge is 0.236 e. The Balaban J connectivity index is 1.36. The van der Waals surface area contributed by atoms with Gasteiger partial charge in [-0.1, -0.05) is 61.1 Å². The summed E-state index contributed by atoms with van der Waals surface area (Å²) < 4.78 is 10.9. The van der Waals surface area contributed by atoms with Gasteiger partial charge in [-0.2, -0.15) is 0 Å². The average molecular weight is 528 g/mol. The zero-order valence-corrected chi connectivity index (χ0v) is 21.9. The number of anilines is 1. The number of aliphatic hydroxyl groups is 1. The third kappa shape index (κ3) is 5.09. The van der Waals surface area contributed by atoms with Crippen molar-refractivity contribution in [2.24, 2.45) is 5.92 Å². The highest BCUT2D eigenvalue weighted by atomic mass is 35.5.